The number of aliphatic hydroxyl groups excluding tert-OH is 1. The monoisotopic (exact) mass is 166 g/mol. The van der Waals surface area contributed by atoms with Crippen LogP contribution in [0.3, 0.4) is 0 Å². The Morgan fingerprint density at radius 1 is 1.55 bits per heavy atom. The van der Waals surface area contributed by atoms with Crippen LogP contribution in [0.2, 0.25) is 0 Å². The molecule has 0 radical (unpaired) electrons. The fourth-order valence-corrected chi connectivity index (χ4v) is 1.18. The van der Waals surface area contributed by atoms with Crippen LogP contribution in [-0.2, 0) is 4.74 Å². The number of hydrogen-bond acceptors (Lipinski definition) is 2. The zero-order chi connectivity index (χ0) is 8.70. The standard InChI is InChI=1S/C7H12F2O2/c1-6(2)7(8,9)3-5(4-10)11-6/h5,10H,3-4H2,1-2H3. The van der Waals surface area contributed by atoms with Crippen molar-refractivity contribution in [2.45, 2.75) is 37.9 Å². The van der Waals surface area contributed by atoms with Crippen molar-refractivity contribution < 1.29 is 18.6 Å². The summed E-state index contributed by atoms with van der Waals surface area (Å²) in [7, 11) is 0. The van der Waals surface area contributed by atoms with Crippen LogP contribution in [0.4, 0.5) is 8.78 Å². The third-order valence-corrected chi connectivity index (χ3v) is 2.03. The maximum absolute atomic E-state index is 12.9. The Morgan fingerprint density at radius 2 is 2.09 bits per heavy atom. The third-order valence-electron chi connectivity index (χ3n) is 2.03. The van der Waals surface area contributed by atoms with Crippen molar-refractivity contribution in [1.82, 2.24) is 0 Å². The maximum Gasteiger partial charge on any atom is 0.278 e. The minimum atomic E-state index is -2.82. The molecule has 0 aliphatic carbocycles. The van der Waals surface area contributed by atoms with Crippen molar-refractivity contribution in [3.63, 3.8) is 0 Å². The van der Waals surface area contributed by atoms with Gasteiger partial charge in [0.15, 0.2) is 0 Å². The Balaban J connectivity index is 2.72. The molecule has 11 heavy (non-hydrogen) atoms. The van der Waals surface area contributed by atoms with Crippen LogP contribution in [0, 0.1) is 0 Å². The van der Waals surface area contributed by atoms with Crippen LogP contribution in [-0.4, -0.2) is 29.3 Å². The Morgan fingerprint density at radius 3 is 2.27 bits per heavy atom. The van der Waals surface area contributed by atoms with E-state index in [-0.39, 0.29) is 13.0 Å². The lowest BCUT2D eigenvalue weighted by atomic mass is 10.0. The second kappa shape index (κ2) is 2.38. The van der Waals surface area contributed by atoms with Gasteiger partial charge in [0.25, 0.3) is 5.92 Å². The molecule has 4 heteroatoms. The molecular weight excluding hydrogens is 154 g/mol. The molecule has 1 saturated heterocycles. The van der Waals surface area contributed by atoms with E-state index in [1.807, 2.05) is 0 Å². The van der Waals surface area contributed by atoms with E-state index in [0.29, 0.717) is 0 Å². The fourth-order valence-electron chi connectivity index (χ4n) is 1.18. The highest BCUT2D eigenvalue weighted by Crippen LogP contribution is 2.43. The number of halogens is 2. The van der Waals surface area contributed by atoms with Crippen LogP contribution in [0.25, 0.3) is 0 Å². The zero-order valence-corrected chi connectivity index (χ0v) is 6.60. The molecule has 0 amide bonds. The summed E-state index contributed by atoms with van der Waals surface area (Å²) in [5.74, 6) is -2.82. The summed E-state index contributed by atoms with van der Waals surface area (Å²) in [5, 5.41) is 8.57. The second-order valence-electron chi connectivity index (χ2n) is 3.34. The molecule has 0 bridgehead atoms. The van der Waals surface area contributed by atoms with Gasteiger partial charge in [-0.3, -0.25) is 0 Å². The molecule has 1 aliphatic heterocycles. The highest BCUT2D eigenvalue weighted by Gasteiger charge is 2.55. The molecule has 1 unspecified atom stereocenters. The Kier molecular flexibility index (Phi) is 1.92. The first-order valence-corrected chi connectivity index (χ1v) is 3.55. The fraction of sp³-hybridized carbons (Fsp3) is 1.00. The minimum Gasteiger partial charge on any atom is -0.394 e. The van der Waals surface area contributed by atoms with Crippen molar-refractivity contribution in [3.05, 3.63) is 0 Å². The lowest BCUT2D eigenvalue weighted by molar-refractivity contribution is -0.135. The molecule has 0 aromatic carbocycles. The average Bonchev–Trinajstić information content (AvgIpc) is 2.03. The maximum atomic E-state index is 12.9. The Hall–Kier alpha value is -0.220. The first-order valence-electron chi connectivity index (χ1n) is 3.55. The SMILES string of the molecule is CC1(C)OC(CO)CC1(F)F. The van der Waals surface area contributed by atoms with Crippen LogP contribution < -0.4 is 0 Å². The molecule has 1 atom stereocenters. The van der Waals surface area contributed by atoms with E-state index < -0.39 is 17.6 Å². The molecule has 2 nitrogen and oxygen atoms in total. The minimum absolute atomic E-state index is 0.334. The number of rotatable bonds is 1. The summed E-state index contributed by atoms with van der Waals surface area (Å²) in [6.45, 7) is 2.34. The smallest absolute Gasteiger partial charge is 0.278 e. The van der Waals surface area contributed by atoms with Crippen molar-refractivity contribution in [1.29, 1.82) is 0 Å². The van der Waals surface area contributed by atoms with Crippen LogP contribution in [0.15, 0.2) is 0 Å². The zero-order valence-electron chi connectivity index (χ0n) is 6.60. The van der Waals surface area contributed by atoms with E-state index in [9.17, 15) is 8.78 Å². The highest BCUT2D eigenvalue weighted by molar-refractivity contribution is 4.95. The molecule has 0 aromatic heterocycles. The van der Waals surface area contributed by atoms with Gasteiger partial charge in [-0.05, 0) is 13.8 Å². The van der Waals surface area contributed by atoms with Crippen molar-refractivity contribution >= 4 is 0 Å². The molecule has 1 N–H and O–H groups in total. The van der Waals surface area contributed by atoms with Gasteiger partial charge < -0.3 is 9.84 Å². The summed E-state index contributed by atoms with van der Waals surface area (Å²) in [6.07, 6.45) is -1.09. The Labute approximate surface area is 64.2 Å². The summed E-state index contributed by atoms with van der Waals surface area (Å²) in [5.41, 5.74) is -1.43. The summed E-state index contributed by atoms with van der Waals surface area (Å²) < 4.78 is 30.8. The topological polar surface area (TPSA) is 29.5 Å². The van der Waals surface area contributed by atoms with Gasteiger partial charge in [-0.15, -0.1) is 0 Å². The van der Waals surface area contributed by atoms with Crippen LogP contribution in [0.5, 0.6) is 0 Å². The quantitative estimate of drug-likeness (QED) is 0.633. The van der Waals surface area contributed by atoms with Gasteiger partial charge in [-0.2, -0.15) is 0 Å². The lowest BCUT2D eigenvalue weighted by Crippen LogP contribution is -2.38. The molecule has 66 valence electrons. The van der Waals surface area contributed by atoms with Crippen molar-refractivity contribution in [2.24, 2.45) is 0 Å². The number of hydrogen-bond donors (Lipinski definition) is 1. The van der Waals surface area contributed by atoms with Gasteiger partial charge in [0.05, 0.1) is 12.7 Å². The summed E-state index contributed by atoms with van der Waals surface area (Å²) in [6, 6.07) is 0. The van der Waals surface area contributed by atoms with E-state index >= 15 is 0 Å². The number of alkyl halides is 2. The van der Waals surface area contributed by atoms with E-state index in [4.69, 9.17) is 9.84 Å². The summed E-state index contributed by atoms with van der Waals surface area (Å²) >= 11 is 0. The predicted octanol–water partition coefficient (Wildman–Crippen LogP) is 1.18. The van der Waals surface area contributed by atoms with Gasteiger partial charge in [-0.1, -0.05) is 0 Å². The number of aliphatic hydroxyl groups is 1. The highest BCUT2D eigenvalue weighted by atomic mass is 19.3. The van der Waals surface area contributed by atoms with E-state index in [1.165, 1.54) is 13.8 Å². The van der Waals surface area contributed by atoms with Gasteiger partial charge in [0.2, 0.25) is 0 Å². The van der Waals surface area contributed by atoms with Gasteiger partial charge in [0.1, 0.15) is 5.60 Å². The first-order chi connectivity index (χ1) is 4.89. The summed E-state index contributed by atoms with van der Waals surface area (Å²) in [4.78, 5) is 0. The van der Waals surface area contributed by atoms with Gasteiger partial charge >= 0.3 is 0 Å². The second-order valence-corrected chi connectivity index (χ2v) is 3.34. The van der Waals surface area contributed by atoms with Gasteiger partial charge in [-0.25, -0.2) is 8.78 Å². The molecule has 1 rings (SSSR count). The first kappa shape index (κ1) is 8.87. The largest absolute Gasteiger partial charge is 0.394 e. The lowest BCUT2D eigenvalue weighted by Gasteiger charge is -2.24. The number of ether oxygens (including phenoxy) is 1. The third kappa shape index (κ3) is 1.37. The molecule has 0 spiro atoms. The predicted molar refractivity (Wildman–Crippen MR) is 35.6 cm³/mol. The van der Waals surface area contributed by atoms with Crippen LogP contribution >= 0.6 is 0 Å². The molecular formula is C7H12F2O2. The van der Waals surface area contributed by atoms with Crippen LogP contribution in [0.1, 0.15) is 20.3 Å². The molecule has 1 aliphatic rings. The molecule has 0 aromatic rings. The van der Waals surface area contributed by atoms with E-state index in [2.05, 4.69) is 0 Å². The van der Waals surface area contributed by atoms with Crippen molar-refractivity contribution in [2.75, 3.05) is 6.61 Å². The normalized spacial score (nSPS) is 34.1. The molecule has 1 fully saturated rings. The Bertz CT molecular complexity index is 141. The van der Waals surface area contributed by atoms with E-state index in [1.54, 1.807) is 0 Å². The molecule has 0 saturated carbocycles. The van der Waals surface area contributed by atoms with Crippen molar-refractivity contribution in [3.8, 4) is 0 Å². The van der Waals surface area contributed by atoms with Gasteiger partial charge in [0, 0.05) is 6.42 Å². The average molecular weight is 166 g/mol. The molecule has 1 heterocycles. The van der Waals surface area contributed by atoms with E-state index in [0.717, 1.165) is 0 Å².